The Morgan fingerprint density at radius 3 is 1.49 bits per heavy atom. The van der Waals surface area contributed by atoms with Gasteiger partial charge in [-0.3, -0.25) is 30.1 Å². The third-order valence-corrected chi connectivity index (χ3v) is 9.96. The fourth-order valence-electron chi connectivity index (χ4n) is 6.39. The SMILES string of the molecule is Cc1cc(F)ccc1[N+](=O)[O-].Cc1cc(Oc2ccccc2F)ccc1[N+](=O)[O-].Fc1ccccc1Oc1ccc2[nH]ccc2c1.O=Cc1[nH]nc2ccc(Oc3ccccc3F)cc12.Oc1ccccc1F. The third kappa shape index (κ3) is 14.8. The number of nitrogens with zero attached hydrogens (tertiary/aromatic N) is 3. The van der Waals surface area contributed by atoms with E-state index in [2.05, 4.69) is 15.2 Å². The van der Waals surface area contributed by atoms with Gasteiger partial charge in [0, 0.05) is 45.7 Å². The first-order chi connectivity index (χ1) is 35.1. The van der Waals surface area contributed by atoms with Gasteiger partial charge >= 0.3 is 0 Å². The number of H-pyrrole nitrogens is 2. The predicted molar refractivity (Wildman–Crippen MR) is 263 cm³/mol. The molecule has 19 heteroatoms. The van der Waals surface area contributed by atoms with Crippen molar-refractivity contribution >= 4 is 39.5 Å². The minimum atomic E-state index is -0.576. The summed E-state index contributed by atoms with van der Waals surface area (Å²) < 4.78 is 81.0. The Kier molecular flexibility index (Phi) is 18.0. The van der Waals surface area contributed by atoms with E-state index in [1.54, 1.807) is 73.7 Å². The second-order valence-electron chi connectivity index (χ2n) is 15.1. The van der Waals surface area contributed by atoms with Gasteiger partial charge in [-0.05, 0) is 129 Å². The van der Waals surface area contributed by atoms with Crippen LogP contribution in [0.15, 0.2) is 182 Å². The number of ether oxygens (including phenoxy) is 3. The van der Waals surface area contributed by atoms with E-state index in [9.17, 15) is 47.0 Å². The Morgan fingerprint density at radius 1 is 0.548 bits per heavy atom. The molecule has 73 heavy (non-hydrogen) atoms. The summed E-state index contributed by atoms with van der Waals surface area (Å²) in [6.45, 7) is 3.10. The van der Waals surface area contributed by atoms with Gasteiger partial charge in [0.1, 0.15) is 28.8 Å². The first-order valence-corrected chi connectivity index (χ1v) is 21.5. The number of phenols is 1. The maximum atomic E-state index is 13.5. The molecule has 0 atom stereocenters. The number of fused-ring (bicyclic) bond motifs is 2. The van der Waals surface area contributed by atoms with Crippen molar-refractivity contribution in [3.63, 3.8) is 0 Å². The summed E-state index contributed by atoms with van der Waals surface area (Å²) in [4.78, 5) is 33.8. The molecule has 0 radical (unpaired) electrons. The standard InChI is InChI=1S/C14H9FN2O2.C14H10FNO.C13H10FNO3.C7H6FNO2.C6H5FO/c15-11-3-1-2-4-14(11)19-9-5-6-12-10(7-9)13(8-18)17-16-12;15-12-3-1-2-4-14(12)17-11-5-6-13-10(9-11)7-8-16-13;1-9-8-10(6-7-12(9)15(16)17)18-13-5-3-2-4-11(13)14;1-5-4-6(8)2-3-7(5)9(10)11;7-5-3-1-2-4-6(5)8/h1-8H,(H,16,17);1-9,16H;2-8H,1H3;2-4H,1H3;1-4,8H. The summed E-state index contributed by atoms with van der Waals surface area (Å²) in [5, 5.41) is 37.7. The molecule has 0 amide bonds. The van der Waals surface area contributed by atoms with Gasteiger partial charge in [0.2, 0.25) is 0 Å². The summed E-state index contributed by atoms with van der Waals surface area (Å²) in [5.74, 6) is -0.702. The van der Waals surface area contributed by atoms with Gasteiger partial charge in [-0.1, -0.05) is 48.5 Å². The lowest BCUT2D eigenvalue weighted by atomic mass is 10.2. The molecule has 8 aromatic carbocycles. The lowest BCUT2D eigenvalue weighted by molar-refractivity contribution is -0.385. The number of halogens is 5. The van der Waals surface area contributed by atoms with Crippen LogP contribution in [0, 0.1) is 63.2 Å². The van der Waals surface area contributed by atoms with Crippen LogP contribution in [-0.4, -0.2) is 36.4 Å². The van der Waals surface area contributed by atoms with Gasteiger partial charge in [-0.2, -0.15) is 5.10 Å². The number of aromatic amines is 2. The highest BCUT2D eigenvalue weighted by Gasteiger charge is 2.13. The van der Waals surface area contributed by atoms with Crippen LogP contribution in [0.1, 0.15) is 21.6 Å². The zero-order valence-corrected chi connectivity index (χ0v) is 38.3. The molecule has 2 aromatic heterocycles. The molecule has 0 aliphatic heterocycles. The number of nitro groups is 2. The number of phenolic OH excluding ortho intramolecular Hbond substituents is 1. The van der Waals surface area contributed by atoms with Crippen LogP contribution < -0.4 is 14.2 Å². The van der Waals surface area contributed by atoms with E-state index in [1.165, 1.54) is 73.7 Å². The number of carbonyl (C=O) groups excluding carboxylic acids is 1. The highest BCUT2D eigenvalue weighted by atomic mass is 19.1. The number of para-hydroxylation sites is 4. The van der Waals surface area contributed by atoms with Crippen molar-refractivity contribution in [1.82, 2.24) is 15.2 Å². The Bertz CT molecular complexity index is 3490. The number of rotatable bonds is 9. The van der Waals surface area contributed by atoms with Gasteiger partial charge in [0.25, 0.3) is 11.4 Å². The molecule has 0 unspecified atom stereocenters. The Hall–Kier alpha value is -9.91. The van der Waals surface area contributed by atoms with Crippen molar-refractivity contribution in [3.8, 4) is 40.2 Å². The Balaban J connectivity index is 0.000000153. The largest absolute Gasteiger partial charge is 0.505 e. The van der Waals surface area contributed by atoms with E-state index in [0.717, 1.165) is 29.1 Å². The maximum Gasteiger partial charge on any atom is 0.272 e. The van der Waals surface area contributed by atoms with Gasteiger partial charge in [0.05, 0.1) is 15.4 Å². The van der Waals surface area contributed by atoms with E-state index in [-0.39, 0.29) is 40.2 Å². The number of aryl methyl sites for hydroxylation is 2. The third-order valence-electron chi connectivity index (χ3n) is 9.96. The van der Waals surface area contributed by atoms with Gasteiger partial charge < -0.3 is 24.3 Å². The minimum Gasteiger partial charge on any atom is -0.505 e. The highest BCUT2D eigenvalue weighted by Crippen LogP contribution is 2.31. The molecule has 0 spiro atoms. The molecule has 3 N–H and O–H groups in total. The molecule has 0 fully saturated rings. The summed E-state index contributed by atoms with van der Waals surface area (Å²) >= 11 is 0. The van der Waals surface area contributed by atoms with Crippen LogP contribution >= 0.6 is 0 Å². The fraction of sp³-hybridized carbons (Fsp3) is 0.0370. The van der Waals surface area contributed by atoms with Crippen LogP contribution in [-0.2, 0) is 0 Å². The molecule has 14 nitrogen and oxygen atoms in total. The lowest BCUT2D eigenvalue weighted by Crippen LogP contribution is -1.93. The number of aldehydes is 1. The van der Waals surface area contributed by atoms with Crippen molar-refractivity contribution < 1.29 is 55.9 Å². The monoisotopic (exact) mass is 997 g/mol. The molecule has 370 valence electrons. The molecule has 2 heterocycles. The topological polar surface area (TPSA) is 196 Å². The minimum absolute atomic E-state index is 0.0101. The second kappa shape index (κ2) is 25.1. The second-order valence-corrected chi connectivity index (χ2v) is 15.1. The van der Waals surface area contributed by atoms with E-state index in [0.29, 0.717) is 51.3 Å². The molecule has 0 aliphatic carbocycles. The predicted octanol–water partition coefficient (Wildman–Crippen LogP) is 14.8. The average molecular weight is 998 g/mol. The van der Waals surface area contributed by atoms with Crippen molar-refractivity contribution in [1.29, 1.82) is 0 Å². The van der Waals surface area contributed by atoms with Crippen molar-refractivity contribution in [2.45, 2.75) is 13.8 Å². The number of nitrogens with one attached hydrogen (secondary N) is 2. The van der Waals surface area contributed by atoms with E-state index in [4.69, 9.17) is 19.3 Å². The maximum absolute atomic E-state index is 13.5. The molecule has 10 rings (SSSR count). The van der Waals surface area contributed by atoms with E-state index >= 15 is 0 Å². The molecular weight excluding hydrogens is 958 g/mol. The molecular formula is C54H40F5N5O9. The number of aromatic hydroxyl groups is 1. The summed E-state index contributed by atoms with van der Waals surface area (Å²) in [7, 11) is 0. The summed E-state index contributed by atoms with van der Waals surface area (Å²) in [6, 6.07) is 44.3. The van der Waals surface area contributed by atoms with Crippen LogP contribution in [0.2, 0.25) is 0 Å². The zero-order valence-electron chi connectivity index (χ0n) is 38.3. The van der Waals surface area contributed by atoms with Crippen LogP contribution in [0.3, 0.4) is 0 Å². The number of carbonyl (C=O) groups is 1. The van der Waals surface area contributed by atoms with Crippen molar-refractivity contribution in [2.24, 2.45) is 0 Å². The number of aromatic nitrogens is 3. The smallest absolute Gasteiger partial charge is 0.272 e. The molecule has 0 saturated heterocycles. The van der Waals surface area contributed by atoms with Gasteiger partial charge in [-0.15, -0.1) is 0 Å². The lowest BCUT2D eigenvalue weighted by Gasteiger charge is -2.07. The summed E-state index contributed by atoms with van der Waals surface area (Å²) in [5.41, 5.74) is 2.83. The first kappa shape index (κ1) is 52.5. The van der Waals surface area contributed by atoms with Crippen LogP contribution in [0.4, 0.5) is 33.3 Å². The number of hydrogen-bond acceptors (Lipinski definition) is 10. The highest BCUT2D eigenvalue weighted by molar-refractivity contribution is 5.95. The fourth-order valence-corrected chi connectivity index (χ4v) is 6.39. The van der Waals surface area contributed by atoms with E-state index < -0.39 is 33.1 Å². The molecule has 10 aromatic rings. The van der Waals surface area contributed by atoms with Crippen LogP contribution in [0.5, 0.6) is 40.2 Å². The number of hydrogen-bond donors (Lipinski definition) is 3. The van der Waals surface area contributed by atoms with Crippen LogP contribution in [0.25, 0.3) is 21.8 Å². The zero-order chi connectivity index (χ0) is 52.4. The molecule has 0 aliphatic rings. The number of nitro benzene ring substituents is 2. The van der Waals surface area contributed by atoms with Crippen molar-refractivity contribution in [3.05, 3.63) is 248 Å². The normalized spacial score (nSPS) is 10.2. The van der Waals surface area contributed by atoms with Crippen molar-refractivity contribution in [2.75, 3.05) is 0 Å². The molecule has 0 bridgehead atoms. The first-order valence-electron chi connectivity index (χ1n) is 21.5. The van der Waals surface area contributed by atoms with E-state index in [1.807, 2.05) is 30.5 Å². The van der Waals surface area contributed by atoms with Gasteiger partial charge in [0.15, 0.2) is 52.6 Å². The molecule has 0 saturated carbocycles. The number of benzene rings is 8. The Morgan fingerprint density at radius 2 is 1.01 bits per heavy atom. The van der Waals surface area contributed by atoms with Gasteiger partial charge in [-0.25, -0.2) is 22.0 Å². The average Bonchev–Trinajstić information content (AvgIpc) is 4.02. The Labute approximate surface area is 411 Å². The summed E-state index contributed by atoms with van der Waals surface area (Å²) in [6.07, 6.45) is 2.54. The quantitative estimate of drug-likeness (QED) is 0.0542.